The maximum Gasteiger partial charge on any atom is 0.411 e. The van der Waals surface area contributed by atoms with Gasteiger partial charge in [-0.05, 0) is 80.0 Å². The third-order valence-electron chi connectivity index (χ3n) is 10.3. The molecular formula is C36H39N7O5. The Labute approximate surface area is 277 Å². The zero-order valence-electron chi connectivity index (χ0n) is 27.5. The molecule has 2 unspecified atom stereocenters. The topological polar surface area (TPSA) is 139 Å². The normalized spacial score (nSPS) is 20.1. The number of imidazole rings is 1. The van der Waals surface area contributed by atoms with Crippen molar-refractivity contribution in [2.75, 3.05) is 33.2 Å². The number of benzene rings is 2. The minimum atomic E-state index is -0.584. The first-order valence-corrected chi connectivity index (χ1v) is 16.4. The molecule has 2 saturated carbocycles. The summed E-state index contributed by atoms with van der Waals surface area (Å²) in [6, 6.07) is 15.5. The second kappa shape index (κ2) is 11.6. The minimum absolute atomic E-state index is 0.0223. The number of ether oxygens (including phenoxy) is 3. The van der Waals surface area contributed by atoms with E-state index >= 15 is 0 Å². The van der Waals surface area contributed by atoms with Crippen molar-refractivity contribution in [3.8, 4) is 34.3 Å². The van der Waals surface area contributed by atoms with E-state index in [-0.39, 0.29) is 18.0 Å². The number of nitrogens with zero attached hydrogens (tertiary/aromatic N) is 5. The Balaban J connectivity index is 1.23. The number of piperidine rings is 1. The van der Waals surface area contributed by atoms with Crippen LogP contribution >= 0.6 is 0 Å². The van der Waals surface area contributed by atoms with Gasteiger partial charge in [-0.1, -0.05) is 6.07 Å². The molecule has 8 rings (SSSR count). The minimum Gasteiger partial charge on any atom is -0.494 e. The van der Waals surface area contributed by atoms with Gasteiger partial charge in [-0.25, -0.2) is 14.8 Å². The SMILES string of the molecule is COC(=O)Nc1cccc(-c2ccc3cc(-c4nc5cc(C(=O)N6CC7CCC6[C@@H]7N)cc(OC)c5n4C)n(CC4CC4)c3n2)c1OC. The fourth-order valence-electron chi connectivity index (χ4n) is 7.69. The van der Waals surface area contributed by atoms with Crippen LogP contribution in [-0.2, 0) is 18.3 Å². The van der Waals surface area contributed by atoms with Gasteiger partial charge in [0.25, 0.3) is 5.91 Å². The van der Waals surface area contributed by atoms with E-state index in [4.69, 9.17) is 29.9 Å². The highest BCUT2D eigenvalue weighted by atomic mass is 16.5. The van der Waals surface area contributed by atoms with Gasteiger partial charge in [0.15, 0.2) is 11.6 Å². The number of aromatic nitrogens is 4. The van der Waals surface area contributed by atoms with E-state index in [9.17, 15) is 9.59 Å². The zero-order chi connectivity index (χ0) is 33.3. The molecule has 2 aromatic carbocycles. The van der Waals surface area contributed by atoms with Crippen LogP contribution in [-0.4, -0.2) is 76.0 Å². The van der Waals surface area contributed by atoms with Gasteiger partial charge in [0.1, 0.15) is 16.9 Å². The van der Waals surface area contributed by atoms with E-state index in [1.165, 1.54) is 7.11 Å². The summed E-state index contributed by atoms with van der Waals surface area (Å²) in [7, 11) is 6.50. The Morgan fingerprint density at radius 1 is 1.00 bits per heavy atom. The third-order valence-corrected chi connectivity index (χ3v) is 10.3. The van der Waals surface area contributed by atoms with E-state index in [1.807, 2.05) is 46.8 Å². The molecule has 48 heavy (non-hydrogen) atoms. The van der Waals surface area contributed by atoms with E-state index in [1.54, 1.807) is 20.3 Å². The number of likely N-dealkylation sites (tertiary alicyclic amines) is 1. The highest BCUT2D eigenvalue weighted by Gasteiger charge is 2.47. The number of pyridine rings is 1. The van der Waals surface area contributed by atoms with Crippen LogP contribution in [0.25, 0.3) is 44.8 Å². The van der Waals surface area contributed by atoms with Gasteiger partial charge < -0.3 is 34.0 Å². The molecule has 1 saturated heterocycles. The van der Waals surface area contributed by atoms with Crippen LogP contribution < -0.4 is 20.5 Å². The molecule has 0 radical (unpaired) electrons. The summed E-state index contributed by atoms with van der Waals surface area (Å²) >= 11 is 0. The van der Waals surface area contributed by atoms with Gasteiger partial charge in [-0.2, -0.15) is 0 Å². The van der Waals surface area contributed by atoms with Crippen molar-refractivity contribution >= 4 is 39.8 Å². The maximum absolute atomic E-state index is 13.8. The number of aryl methyl sites for hydroxylation is 1. The van der Waals surface area contributed by atoms with Crippen LogP contribution in [0.2, 0.25) is 0 Å². The van der Waals surface area contributed by atoms with Crippen LogP contribution in [0, 0.1) is 11.8 Å². The Morgan fingerprint density at radius 2 is 1.83 bits per heavy atom. The first-order valence-electron chi connectivity index (χ1n) is 16.4. The van der Waals surface area contributed by atoms with Crippen LogP contribution in [0.5, 0.6) is 11.5 Å². The second-order valence-corrected chi connectivity index (χ2v) is 13.2. The van der Waals surface area contributed by atoms with E-state index in [0.29, 0.717) is 52.3 Å². The van der Waals surface area contributed by atoms with Crippen molar-refractivity contribution in [3.05, 3.63) is 54.1 Å². The van der Waals surface area contributed by atoms with Gasteiger partial charge >= 0.3 is 6.09 Å². The second-order valence-electron chi connectivity index (χ2n) is 13.2. The molecule has 1 aliphatic heterocycles. The first-order chi connectivity index (χ1) is 23.3. The molecule has 2 aliphatic carbocycles. The summed E-state index contributed by atoms with van der Waals surface area (Å²) in [5.74, 6) is 2.76. The number of fused-ring (bicyclic) bond motifs is 4. The largest absolute Gasteiger partial charge is 0.494 e. The Morgan fingerprint density at radius 3 is 2.52 bits per heavy atom. The lowest BCUT2D eigenvalue weighted by atomic mass is 10.1. The molecule has 0 spiro atoms. The number of hydrogen-bond acceptors (Lipinski definition) is 8. The zero-order valence-corrected chi connectivity index (χ0v) is 27.5. The lowest BCUT2D eigenvalue weighted by molar-refractivity contribution is 0.0700. The number of rotatable bonds is 8. The van der Waals surface area contributed by atoms with Gasteiger partial charge in [0, 0.05) is 48.7 Å². The molecule has 2 amide bonds. The number of anilines is 1. The molecule has 5 aromatic rings. The Kier molecular flexibility index (Phi) is 7.28. The molecule has 248 valence electrons. The van der Waals surface area contributed by atoms with Crippen molar-refractivity contribution < 1.29 is 23.8 Å². The summed E-state index contributed by atoms with van der Waals surface area (Å²) in [5.41, 5.74) is 12.2. The molecule has 3 fully saturated rings. The summed E-state index contributed by atoms with van der Waals surface area (Å²) in [6.45, 7) is 1.50. The Bertz CT molecular complexity index is 2100. The van der Waals surface area contributed by atoms with E-state index < -0.39 is 6.09 Å². The van der Waals surface area contributed by atoms with Crippen molar-refractivity contribution in [3.63, 3.8) is 0 Å². The standard InChI is InChI=1S/C36H39N7O5/c1-41-31-26(14-22(16-29(31)46-2)35(44)43-18-21-11-13-27(43)30(21)37)39-34(41)28-15-20-10-12-24(38-33(20)42(28)17-19-8-9-19)23-6-5-7-25(32(23)47-3)40-36(45)48-4/h5-7,10,12,14-16,19,21,27,30H,8-9,11,13,17-18,37H2,1-4H3,(H,40,45)/t21?,27?,30-/m1/s1. The lowest BCUT2D eigenvalue weighted by Gasteiger charge is -2.27. The van der Waals surface area contributed by atoms with E-state index in [2.05, 4.69) is 22.0 Å². The summed E-state index contributed by atoms with van der Waals surface area (Å²) < 4.78 is 20.7. The quantitative estimate of drug-likeness (QED) is 0.227. The van der Waals surface area contributed by atoms with Crippen molar-refractivity contribution in [2.24, 2.45) is 24.6 Å². The predicted octanol–water partition coefficient (Wildman–Crippen LogP) is 5.42. The fourth-order valence-corrected chi connectivity index (χ4v) is 7.69. The number of nitrogens with two attached hydrogens (primary N) is 1. The lowest BCUT2D eigenvalue weighted by Crippen LogP contribution is -2.41. The molecule has 2 bridgehead atoms. The van der Waals surface area contributed by atoms with Crippen molar-refractivity contribution in [1.82, 2.24) is 24.0 Å². The molecule has 3 atom stereocenters. The molecule has 3 aliphatic rings. The monoisotopic (exact) mass is 649 g/mol. The third kappa shape index (κ3) is 4.85. The molecule has 4 heterocycles. The van der Waals surface area contributed by atoms with Crippen LogP contribution in [0.3, 0.4) is 0 Å². The molecule has 3 aromatic heterocycles. The van der Waals surface area contributed by atoms with Gasteiger partial charge in [-0.15, -0.1) is 0 Å². The Hall–Kier alpha value is -5.10. The number of carbonyl (C=O) groups excluding carboxylic acids is 2. The number of nitrogens with one attached hydrogen (secondary N) is 1. The number of carbonyl (C=O) groups is 2. The molecule has 12 nitrogen and oxygen atoms in total. The highest BCUT2D eigenvalue weighted by Crippen LogP contribution is 2.41. The van der Waals surface area contributed by atoms with Crippen LogP contribution in [0.1, 0.15) is 36.0 Å². The number of methoxy groups -OCH3 is 3. The average molecular weight is 650 g/mol. The van der Waals surface area contributed by atoms with Crippen LogP contribution in [0.15, 0.2) is 48.5 Å². The average Bonchev–Trinajstić information content (AvgIpc) is 3.51. The number of amides is 2. The van der Waals surface area contributed by atoms with Gasteiger partial charge in [0.2, 0.25) is 0 Å². The van der Waals surface area contributed by atoms with Crippen molar-refractivity contribution in [1.29, 1.82) is 0 Å². The van der Waals surface area contributed by atoms with Crippen molar-refractivity contribution in [2.45, 2.75) is 44.3 Å². The molecule has 12 heteroatoms. The highest BCUT2D eigenvalue weighted by molar-refractivity contribution is 6.00. The maximum atomic E-state index is 13.8. The molecule has 3 N–H and O–H groups in total. The van der Waals surface area contributed by atoms with Crippen LogP contribution in [0.4, 0.5) is 10.5 Å². The summed E-state index contributed by atoms with van der Waals surface area (Å²) in [4.78, 5) is 38.0. The fraction of sp³-hybridized carbons (Fsp3) is 0.389. The first kappa shape index (κ1) is 30.2. The number of para-hydroxylation sites is 1. The summed E-state index contributed by atoms with van der Waals surface area (Å²) in [6.07, 6.45) is 3.78. The molecular weight excluding hydrogens is 610 g/mol. The van der Waals surface area contributed by atoms with Gasteiger partial charge in [-0.3, -0.25) is 10.1 Å². The van der Waals surface area contributed by atoms with Gasteiger partial charge in [0.05, 0.1) is 43.9 Å². The van der Waals surface area contributed by atoms with E-state index in [0.717, 1.165) is 65.9 Å². The summed E-state index contributed by atoms with van der Waals surface area (Å²) in [5, 5.41) is 3.70. The number of hydrogen-bond donors (Lipinski definition) is 2. The predicted molar refractivity (Wildman–Crippen MR) is 182 cm³/mol. The smallest absolute Gasteiger partial charge is 0.411 e.